The monoisotopic (exact) mass is 626 g/mol. The summed E-state index contributed by atoms with van der Waals surface area (Å²) in [5.74, 6) is 0. The second-order valence-electron chi connectivity index (χ2n) is 14.0. The van der Waals surface area contributed by atoms with Crippen LogP contribution in [-0.2, 0) is 5.41 Å². The molecule has 3 nitrogen and oxygen atoms in total. The topological polar surface area (TPSA) is 26.4 Å². The Kier molecular flexibility index (Phi) is 5.06. The standard InChI is InChI=1S/C46H30N2O/c1-46(2)36-19-11-23-41(47-38-20-7-5-13-30(38)31-14-6-8-21-39(31)47)43(36)34-25-24-27(26-37(34)46)28-16-10-22-40-42(28)35-18-9-17-32-29-12-3-4-15-33(29)45(49)48(40)44(32)35/h3-26H,1-2H3. The average molecular weight is 627 g/mol. The molecule has 0 N–H and O–H groups in total. The van der Waals surface area contributed by atoms with Crippen LogP contribution < -0.4 is 5.56 Å². The normalized spacial score (nSPS) is 13.8. The van der Waals surface area contributed by atoms with Crippen LogP contribution in [0.15, 0.2) is 150 Å². The summed E-state index contributed by atoms with van der Waals surface area (Å²) >= 11 is 0. The zero-order valence-electron chi connectivity index (χ0n) is 27.2. The van der Waals surface area contributed by atoms with Crippen molar-refractivity contribution in [2.24, 2.45) is 0 Å². The summed E-state index contributed by atoms with van der Waals surface area (Å²) in [6.45, 7) is 4.71. The molecule has 3 heterocycles. The number of hydrogen-bond donors (Lipinski definition) is 0. The molecular weight excluding hydrogens is 597 g/mol. The fourth-order valence-electron chi connectivity index (χ4n) is 9.11. The Morgan fingerprint density at radius 2 is 1.10 bits per heavy atom. The molecule has 1 aliphatic carbocycles. The molecule has 0 radical (unpaired) electrons. The van der Waals surface area contributed by atoms with Crippen LogP contribution in [0.25, 0.3) is 87.7 Å². The van der Waals surface area contributed by atoms with Gasteiger partial charge >= 0.3 is 0 Å². The lowest BCUT2D eigenvalue weighted by Crippen LogP contribution is -2.15. The van der Waals surface area contributed by atoms with Gasteiger partial charge in [0, 0.05) is 43.3 Å². The van der Waals surface area contributed by atoms with Crippen molar-refractivity contribution < 1.29 is 0 Å². The SMILES string of the molecule is CC1(C)c2cc(-c3cccc4c3c3cccc5c6ccccc6c(=O)n4c53)ccc2-c2c(-n3c4ccccc4c4ccccc43)cccc21. The van der Waals surface area contributed by atoms with Crippen LogP contribution >= 0.6 is 0 Å². The predicted molar refractivity (Wildman–Crippen MR) is 205 cm³/mol. The molecule has 1 aliphatic rings. The van der Waals surface area contributed by atoms with Crippen molar-refractivity contribution in [3.63, 3.8) is 0 Å². The molecule has 230 valence electrons. The zero-order valence-corrected chi connectivity index (χ0v) is 27.2. The van der Waals surface area contributed by atoms with Gasteiger partial charge in [-0.15, -0.1) is 0 Å². The lowest BCUT2D eigenvalue weighted by Gasteiger charge is -2.22. The number of pyridine rings is 1. The van der Waals surface area contributed by atoms with Crippen molar-refractivity contribution in [3.05, 3.63) is 167 Å². The van der Waals surface area contributed by atoms with Crippen LogP contribution in [0, 0.1) is 0 Å². The molecule has 7 aromatic carbocycles. The highest BCUT2D eigenvalue weighted by Gasteiger charge is 2.38. The molecule has 0 unspecified atom stereocenters. The first-order chi connectivity index (χ1) is 24.0. The smallest absolute Gasteiger partial charge is 0.263 e. The fraction of sp³-hybridized carbons (Fsp3) is 0.0652. The highest BCUT2D eigenvalue weighted by atomic mass is 16.1. The van der Waals surface area contributed by atoms with Crippen LogP contribution in [0.4, 0.5) is 0 Å². The van der Waals surface area contributed by atoms with E-state index in [0.717, 1.165) is 49.1 Å². The lowest BCUT2D eigenvalue weighted by molar-refractivity contribution is 0.660. The number of para-hydroxylation sites is 3. The van der Waals surface area contributed by atoms with Gasteiger partial charge in [-0.3, -0.25) is 9.20 Å². The van der Waals surface area contributed by atoms with Gasteiger partial charge in [0.05, 0.1) is 27.8 Å². The average Bonchev–Trinajstić information content (AvgIpc) is 3.75. The Bertz CT molecular complexity index is 3050. The minimum Gasteiger partial charge on any atom is -0.309 e. The second kappa shape index (κ2) is 9.24. The maximum absolute atomic E-state index is 14.0. The van der Waals surface area contributed by atoms with Crippen molar-refractivity contribution in [1.82, 2.24) is 8.97 Å². The molecule has 0 amide bonds. The number of benzene rings is 7. The van der Waals surface area contributed by atoms with Crippen LogP contribution in [0.1, 0.15) is 25.0 Å². The molecule has 3 aromatic heterocycles. The quantitative estimate of drug-likeness (QED) is 0.175. The van der Waals surface area contributed by atoms with Gasteiger partial charge in [-0.1, -0.05) is 123 Å². The maximum Gasteiger partial charge on any atom is 0.263 e. The third kappa shape index (κ3) is 3.29. The summed E-state index contributed by atoms with van der Waals surface area (Å²) in [7, 11) is 0. The summed E-state index contributed by atoms with van der Waals surface area (Å²) in [4.78, 5) is 14.0. The van der Waals surface area contributed by atoms with Crippen LogP contribution in [-0.4, -0.2) is 8.97 Å². The molecule has 0 spiro atoms. The molecule has 49 heavy (non-hydrogen) atoms. The predicted octanol–water partition coefficient (Wildman–Crippen LogP) is 11.3. The van der Waals surface area contributed by atoms with E-state index < -0.39 is 0 Å². The van der Waals surface area contributed by atoms with E-state index in [1.807, 2.05) is 22.6 Å². The molecular formula is C46H30N2O. The molecule has 10 aromatic rings. The number of nitrogens with zero attached hydrogens (tertiary/aromatic N) is 2. The summed E-state index contributed by atoms with van der Waals surface area (Å²) in [5, 5.41) is 7.64. The Labute approximate surface area is 282 Å². The number of aromatic nitrogens is 2. The minimum atomic E-state index is -0.203. The fourth-order valence-corrected chi connectivity index (χ4v) is 9.11. The van der Waals surface area contributed by atoms with Gasteiger partial charge in [-0.2, -0.15) is 0 Å². The van der Waals surface area contributed by atoms with Crippen molar-refractivity contribution >= 4 is 59.8 Å². The van der Waals surface area contributed by atoms with Gasteiger partial charge < -0.3 is 4.57 Å². The second-order valence-corrected chi connectivity index (χ2v) is 14.0. The Balaban J connectivity index is 1.18. The minimum absolute atomic E-state index is 0.0366. The molecule has 0 fully saturated rings. The molecule has 0 saturated carbocycles. The van der Waals surface area contributed by atoms with E-state index in [4.69, 9.17) is 0 Å². The summed E-state index contributed by atoms with van der Waals surface area (Å²) in [6.07, 6.45) is 0. The number of rotatable bonds is 2. The Morgan fingerprint density at radius 3 is 1.88 bits per heavy atom. The first-order valence-electron chi connectivity index (χ1n) is 17.0. The largest absolute Gasteiger partial charge is 0.309 e. The molecule has 0 bridgehead atoms. The van der Waals surface area contributed by atoms with Gasteiger partial charge in [0.25, 0.3) is 5.56 Å². The molecule has 3 heteroatoms. The van der Waals surface area contributed by atoms with E-state index in [1.54, 1.807) is 0 Å². The maximum atomic E-state index is 14.0. The van der Waals surface area contributed by atoms with Gasteiger partial charge in [0.1, 0.15) is 0 Å². The zero-order chi connectivity index (χ0) is 32.6. The van der Waals surface area contributed by atoms with Crippen molar-refractivity contribution in [2.45, 2.75) is 19.3 Å². The van der Waals surface area contributed by atoms with Crippen LogP contribution in [0.5, 0.6) is 0 Å². The van der Waals surface area contributed by atoms with Gasteiger partial charge in [-0.05, 0) is 69.6 Å². The third-order valence-electron chi connectivity index (χ3n) is 11.3. The molecule has 0 saturated heterocycles. The van der Waals surface area contributed by atoms with E-state index in [-0.39, 0.29) is 11.0 Å². The van der Waals surface area contributed by atoms with Gasteiger partial charge in [0.15, 0.2) is 0 Å². The lowest BCUT2D eigenvalue weighted by atomic mass is 9.81. The molecule has 0 atom stereocenters. The van der Waals surface area contributed by atoms with E-state index in [2.05, 4.69) is 146 Å². The third-order valence-corrected chi connectivity index (χ3v) is 11.3. The highest BCUT2D eigenvalue weighted by molar-refractivity contribution is 6.23. The molecule has 11 rings (SSSR count). The first kappa shape index (κ1) is 26.8. The molecule has 0 aliphatic heterocycles. The van der Waals surface area contributed by atoms with Crippen LogP contribution in [0.3, 0.4) is 0 Å². The van der Waals surface area contributed by atoms with Gasteiger partial charge in [0.2, 0.25) is 0 Å². The summed E-state index contributed by atoms with van der Waals surface area (Å²) in [5.41, 5.74) is 13.0. The van der Waals surface area contributed by atoms with Gasteiger partial charge in [-0.25, -0.2) is 0 Å². The summed E-state index contributed by atoms with van der Waals surface area (Å²) < 4.78 is 4.39. The van der Waals surface area contributed by atoms with E-state index >= 15 is 0 Å². The van der Waals surface area contributed by atoms with Crippen molar-refractivity contribution in [2.75, 3.05) is 0 Å². The van der Waals surface area contributed by atoms with Crippen molar-refractivity contribution in [3.8, 4) is 27.9 Å². The van der Waals surface area contributed by atoms with Crippen molar-refractivity contribution in [1.29, 1.82) is 0 Å². The Hall–Kier alpha value is -6.19. The first-order valence-corrected chi connectivity index (χ1v) is 17.0. The number of fused-ring (bicyclic) bond motifs is 11. The van der Waals surface area contributed by atoms with E-state index in [9.17, 15) is 4.79 Å². The van der Waals surface area contributed by atoms with E-state index in [0.29, 0.717) is 0 Å². The van der Waals surface area contributed by atoms with E-state index in [1.165, 1.54) is 49.7 Å². The Morgan fingerprint density at radius 1 is 0.490 bits per heavy atom. The van der Waals surface area contributed by atoms with Crippen LogP contribution in [0.2, 0.25) is 0 Å². The summed E-state index contributed by atoms with van der Waals surface area (Å²) in [6, 6.07) is 52.1. The number of hydrogen-bond acceptors (Lipinski definition) is 1. The highest BCUT2D eigenvalue weighted by Crippen LogP contribution is 2.53.